The molecule has 0 bridgehead atoms. The van der Waals surface area contributed by atoms with Crippen LogP contribution in [0.5, 0.6) is 5.75 Å². The maximum Gasteiger partial charge on any atom is 0.274 e. The number of nitrogens with one attached hydrogen (secondary N) is 2. The Balaban J connectivity index is 1.71. The normalized spacial score (nSPS) is 10.4. The molecule has 8 heteroatoms. The van der Waals surface area contributed by atoms with Gasteiger partial charge in [-0.2, -0.15) is 5.10 Å². The number of hydrogen-bond acceptors (Lipinski definition) is 5. The van der Waals surface area contributed by atoms with Crippen molar-refractivity contribution in [1.82, 2.24) is 15.1 Å². The van der Waals surface area contributed by atoms with Crippen LogP contribution in [-0.2, 0) is 13.6 Å². The molecule has 2 amide bonds. The summed E-state index contributed by atoms with van der Waals surface area (Å²) >= 11 is 0. The van der Waals surface area contributed by atoms with Gasteiger partial charge < -0.3 is 19.8 Å². The molecule has 2 heterocycles. The molecule has 1 aromatic carbocycles. The summed E-state index contributed by atoms with van der Waals surface area (Å²) in [4.78, 5) is 24.8. The van der Waals surface area contributed by atoms with Gasteiger partial charge in [0.25, 0.3) is 11.8 Å². The molecule has 0 aliphatic heterocycles. The van der Waals surface area contributed by atoms with Gasteiger partial charge in [-0.1, -0.05) is 0 Å². The Kier molecular flexibility index (Phi) is 5.02. The zero-order chi connectivity index (χ0) is 18.5. The second-order valence-corrected chi connectivity index (χ2v) is 5.51. The van der Waals surface area contributed by atoms with Crippen molar-refractivity contribution < 1.29 is 18.7 Å². The van der Waals surface area contributed by atoms with E-state index in [1.807, 2.05) is 0 Å². The lowest BCUT2D eigenvalue weighted by atomic mass is 10.2. The molecule has 0 fully saturated rings. The number of aryl methyl sites for hydroxylation is 1. The van der Waals surface area contributed by atoms with Crippen molar-refractivity contribution in [3.05, 3.63) is 65.9 Å². The molecule has 0 aliphatic carbocycles. The second-order valence-electron chi connectivity index (χ2n) is 5.51. The van der Waals surface area contributed by atoms with Crippen molar-refractivity contribution in [1.29, 1.82) is 0 Å². The van der Waals surface area contributed by atoms with Crippen LogP contribution in [0.15, 0.2) is 53.3 Å². The zero-order valence-corrected chi connectivity index (χ0v) is 14.4. The Labute approximate surface area is 149 Å². The van der Waals surface area contributed by atoms with Crippen molar-refractivity contribution >= 4 is 17.5 Å². The molecular weight excluding hydrogens is 336 g/mol. The number of rotatable bonds is 6. The van der Waals surface area contributed by atoms with E-state index in [0.29, 0.717) is 22.8 Å². The van der Waals surface area contributed by atoms with Gasteiger partial charge in [-0.15, -0.1) is 0 Å². The summed E-state index contributed by atoms with van der Waals surface area (Å²) in [6, 6.07) is 10.2. The average molecular weight is 354 g/mol. The van der Waals surface area contributed by atoms with Crippen LogP contribution in [0.3, 0.4) is 0 Å². The lowest BCUT2D eigenvalue weighted by molar-refractivity contribution is 0.0943. The zero-order valence-electron chi connectivity index (χ0n) is 14.4. The van der Waals surface area contributed by atoms with Gasteiger partial charge in [0, 0.05) is 18.8 Å². The smallest absolute Gasteiger partial charge is 0.274 e. The number of nitrogens with zero attached hydrogens (tertiary/aromatic N) is 2. The maximum atomic E-state index is 12.4. The first kappa shape index (κ1) is 17.3. The lowest BCUT2D eigenvalue weighted by Crippen LogP contribution is -2.25. The monoisotopic (exact) mass is 354 g/mol. The van der Waals surface area contributed by atoms with E-state index in [1.165, 1.54) is 10.9 Å². The fourth-order valence-corrected chi connectivity index (χ4v) is 2.35. The first-order chi connectivity index (χ1) is 12.6. The summed E-state index contributed by atoms with van der Waals surface area (Å²) in [5.41, 5.74) is 0.891. The minimum absolute atomic E-state index is 0.126. The Morgan fingerprint density at radius 3 is 2.62 bits per heavy atom. The Morgan fingerprint density at radius 2 is 1.96 bits per heavy atom. The molecule has 26 heavy (non-hydrogen) atoms. The Morgan fingerprint density at radius 1 is 1.19 bits per heavy atom. The van der Waals surface area contributed by atoms with Crippen LogP contribution in [0.4, 0.5) is 5.69 Å². The van der Waals surface area contributed by atoms with Gasteiger partial charge in [0.2, 0.25) is 0 Å². The Hall–Kier alpha value is -3.55. The number of furan rings is 1. The van der Waals surface area contributed by atoms with Crippen molar-refractivity contribution in [3.8, 4) is 5.75 Å². The third-order valence-corrected chi connectivity index (χ3v) is 3.65. The highest BCUT2D eigenvalue weighted by molar-refractivity contribution is 6.08. The van der Waals surface area contributed by atoms with Gasteiger partial charge in [0.15, 0.2) is 5.69 Å². The van der Waals surface area contributed by atoms with E-state index in [-0.39, 0.29) is 18.1 Å². The van der Waals surface area contributed by atoms with Crippen LogP contribution < -0.4 is 15.4 Å². The highest BCUT2D eigenvalue weighted by Gasteiger charge is 2.18. The summed E-state index contributed by atoms with van der Waals surface area (Å²) in [6.45, 7) is 0.230. The minimum atomic E-state index is -0.410. The molecule has 3 aromatic rings. The van der Waals surface area contributed by atoms with Crippen LogP contribution >= 0.6 is 0 Å². The van der Waals surface area contributed by atoms with E-state index in [0.717, 1.165) is 0 Å². The van der Waals surface area contributed by atoms with Gasteiger partial charge in [-0.3, -0.25) is 14.3 Å². The molecule has 2 N–H and O–H groups in total. The van der Waals surface area contributed by atoms with E-state index in [2.05, 4.69) is 15.7 Å². The fraction of sp³-hybridized carbons (Fsp3) is 0.167. The number of aromatic nitrogens is 2. The molecule has 8 nitrogen and oxygen atoms in total. The molecule has 0 unspecified atom stereocenters. The maximum absolute atomic E-state index is 12.4. The number of amides is 2. The number of carbonyl (C=O) groups excluding carboxylic acids is 2. The largest absolute Gasteiger partial charge is 0.497 e. The Bertz CT molecular complexity index is 898. The molecular formula is C18H18N4O4. The van der Waals surface area contributed by atoms with Gasteiger partial charge in [-0.25, -0.2) is 0 Å². The summed E-state index contributed by atoms with van der Waals surface area (Å²) in [7, 11) is 3.23. The molecule has 0 radical (unpaired) electrons. The number of ether oxygens (including phenoxy) is 1. The predicted molar refractivity (Wildman–Crippen MR) is 94.0 cm³/mol. The highest BCUT2D eigenvalue weighted by atomic mass is 16.5. The average Bonchev–Trinajstić information content (AvgIpc) is 3.29. The van der Waals surface area contributed by atoms with Gasteiger partial charge >= 0.3 is 0 Å². The number of methoxy groups -OCH3 is 1. The fourth-order valence-electron chi connectivity index (χ4n) is 2.35. The van der Waals surface area contributed by atoms with E-state index in [9.17, 15) is 9.59 Å². The molecule has 0 saturated carbocycles. The van der Waals surface area contributed by atoms with Crippen LogP contribution in [-0.4, -0.2) is 28.7 Å². The van der Waals surface area contributed by atoms with Crippen LogP contribution in [0.1, 0.15) is 26.6 Å². The standard InChI is InChI=1S/C18H18N4O4/c1-22-11-15(20-17(23)12-5-7-13(25-2)8-6-12)16(21-22)18(24)19-10-14-4-3-9-26-14/h3-9,11H,10H2,1-2H3,(H,19,24)(H,20,23). The second kappa shape index (κ2) is 7.56. The summed E-state index contributed by atoms with van der Waals surface area (Å²) in [6.07, 6.45) is 3.10. The molecule has 0 spiro atoms. The van der Waals surface area contributed by atoms with Crippen LogP contribution in [0.2, 0.25) is 0 Å². The summed E-state index contributed by atoms with van der Waals surface area (Å²) < 4.78 is 11.7. The third-order valence-electron chi connectivity index (χ3n) is 3.65. The number of anilines is 1. The van der Waals surface area contributed by atoms with Crippen molar-refractivity contribution in [2.75, 3.05) is 12.4 Å². The molecule has 0 atom stereocenters. The number of hydrogen-bond donors (Lipinski definition) is 2. The molecule has 0 aliphatic rings. The highest BCUT2D eigenvalue weighted by Crippen LogP contribution is 2.17. The van der Waals surface area contributed by atoms with Gasteiger partial charge in [0.1, 0.15) is 11.5 Å². The topological polar surface area (TPSA) is 98.4 Å². The number of carbonyl (C=O) groups is 2. The van der Waals surface area contributed by atoms with E-state index < -0.39 is 5.91 Å². The molecule has 0 saturated heterocycles. The van der Waals surface area contributed by atoms with Crippen molar-refractivity contribution in [3.63, 3.8) is 0 Å². The van der Waals surface area contributed by atoms with Crippen LogP contribution in [0.25, 0.3) is 0 Å². The predicted octanol–water partition coefficient (Wildman–Crippen LogP) is 2.20. The van der Waals surface area contributed by atoms with Gasteiger partial charge in [0.05, 0.1) is 25.6 Å². The van der Waals surface area contributed by atoms with Gasteiger partial charge in [-0.05, 0) is 36.4 Å². The SMILES string of the molecule is COc1ccc(C(=O)Nc2cn(C)nc2C(=O)NCc2ccco2)cc1. The van der Waals surface area contributed by atoms with Crippen molar-refractivity contribution in [2.24, 2.45) is 7.05 Å². The number of benzene rings is 1. The quantitative estimate of drug-likeness (QED) is 0.707. The third kappa shape index (κ3) is 3.92. The molecule has 3 rings (SSSR count). The summed E-state index contributed by atoms with van der Waals surface area (Å²) in [5, 5.41) is 9.54. The molecule has 2 aromatic heterocycles. The first-order valence-electron chi connectivity index (χ1n) is 7.86. The minimum Gasteiger partial charge on any atom is -0.497 e. The summed E-state index contributed by atoms with van der Waals surface area (Å²) in [5.74, 6) is 0.520. The first-order valence-corrected chi connectivity index (χ1v) is 7.86. The van der Waals surface area contributed by atoms with Crippen LogP contribution in [0, 0.1) is 0 Å². The van der Waals surface area contributed by atoms with E-state index in [1.54, 1.807) is 56.8 Å². The lowest BCUT2D eigenvalue weighted by Gasteiger charge is -2.06. The molecule has 134 valence electrons. The van der Waals surface area contributed by atoms with E-state index >= 15 is 0 Å². The van der Waals surface area contributed by atoms with Crippen molar-refractivity contribution in [2.45, 2.75) is 6.54 Å². The van der Waals surface area contributed by atoms with E-state index in [4.69, 9.17) is 9.15 Å².